The third kappa shape index (κ3) is 1.37. The zero-order chi connectivity index (χ0) is 9.97. The Labute approximate surface area is 82.4 Å². The summed E-state index contributed by atoms with van der Waals surface area (Å²) in [6.45, 7) is 2.05. The molecule has 0 bridgehead atoms. The topological polar surface area (TPSA) is 48.9 Å². The van der Waals surface area contributed by atoms with Gasteiger partial charge in [0, 0.05) is 16.8 Å². The Balaban J connectivity index is 2.54. The highest BCUT2D eigenvalue weighted by Gasteiger charge is 2.08. The third-order valence-corrected chi connectivity index (χ3v) is 2.27. The molecule has 2 rings (SSSR count). The van der Waals surface area contributed by atoms with Gasteiger partial charge in [0.15, 0.2) is 0 Å². The molecule has 2 N–H and O–H groups in total. The van der Waals surface area contributed by atoms with Crippen molar-refractivity contribution in [2.75, 3.05) is 0 Å². The highest BCUT2D eigenvalue weighted by Crippen LogP contribution is 2.30. The van der Waals surface area contributed by atoms with Crippen molar-refractivity contribution in [1.82, 2.24) is 10.2 Å². The number of phenols is 1. The Morgan fingerprint density at radius 3 is 2.79 bits per heavy atom. The lowest BCUT2D eigenvalue weighted by Gasteiger charge is -2.02. The maximum absolute atomic E-state index is 9.66. The summed E-state index contributed by atoms with van der Waals surface area (Å²) >= 11 is 0. The van der Waals surface area contributed by atoms with Gasteiger partial charge in [-0.15, -0.1) is 0 Å². The van der Waals surface area contributed by atoms with Crippen molar-refractivity contribution in [3.05, 3.63) is 36.2 Å². The van der Waals surface area contributed by atoms with E-state index in [9.17, 15) is 5.11 Å². The van der Waals surface area contributed by atoms with Crippen LogP contribution in [0.3, 0.4) is 0 Å². The number of aromatic hydroxyl groups is 1. The van der Waals surface area contributed by atoms with E-state index in [1.54, 1.807) is 12.3 Å². The summed E-state index contributed by atoms with van der Waals surface area (Å²) in [6, 6.07) is 7.28. The van der Waals surface area contributed by atoms with Crippen LogP contribution in [-0.2, 0) is 6.42 Å². The third-order valence-electron chi connectivity index (χ3n) is 2.27. The second-order valence-corrected chi connectivity index (χ2v) is 3.13. The molecule has 0 aliphatic heterocycles. The molecule has 0 amide bonds. The molecule has 0 saturated carbocycles. The Kier molecular flexibility index (Phi) is 2.23. The Hall–Kier alpha value is -1.77. The van der Waals surface area contributed by atoms with E-state index in [-0.39, 0.29) is 0 Å². The van der Waals surface area contributed by atoms with E-state index in [0.717, 1.165) is 23.2 Å². The molecule has 3 nitrogen and oxygen atoms in total. The van der Waals surface area contributed by atoms with Crippen LogP contribution in [-0.4, -0.2) is 15.3 Å². The maximum Gasteiger partial charge on any atom is 0.123 e. The molecule has 0 saturated heterocycles. The van der Waals surface area contributed by atoms with Crippen LogP contribution in [0.4, 0.5) is 0 Å². The number of aromatic amines is 1. The number of aromatic nitrogens is 2. The van der Waals surface area contributed by atoms with Gasteiger partial charge in [-0.1, -0.05) is 25.1 Å². The van der Waals surface area contributed by atoms with Gasteiger partial charge in [-0.2, -0.15) is 5.10 Å². The molecule has 1 aromatic carbocycles. The first-order valence-corrected chi connectivity index (χ1v) is 4.63. The van der Waals surface area contributed by atoms with E-state index in [1.165, 1.54) is 0 Å². The van der Waals surface area contributed by atoms with Gasteiger partial charge < -0.3 is 5.11 Å². The Morgan fingerprint density at radius 1 is 1.29 bits per heavy atom. The van der Waals surface area contributed by atoms with Crippen molar-refractivity contribution in [3.63, 3.8) is 0 Å². The van der Waals surface area contributed by atoms with Crippen molar-refractivity contribution in [3.8, 4) is 16.9 Å². The van der Waals surface area contributed by atoms with E-state index in [2.05, 4.69) is 17.1 Å². The average Bonchev–Trinajstić information content (AvgIpc) is 2.66. The summed E-state index contributed by atoms with van der Waals surface area (Å²) in [5.74, 6) is 0.295. The summed E-state index contributed by atoms with van der Waals surface area (Å²) in [5, 5.41) is 16.6. The van der Waals surface area contributed by atoms with Gasteiger partial charge >= 0.3 is 0 Å². The molecule has 0 aliphatic rings. The van der Waals surface area contributed by atoms with Gasteiger partial charge in [0.2, 0.25) is 0 Å². The molecule has 0 unspecified atom stereocenters. The van der Waals surface area contributed by atoms with Gasteiger partial charge in [-0.05, 0) is 12.5 Å². The normalized spacial score (nSPS) is 10.4. The molecule has 0 fully saturated rings. The van der Waals surface area contributed by atoms with Crippen LogP contribution in [0.1, 0.15) is 12.6 Å². The van der Waals surface area contributed by atoms with Crippen LogP contribution >= 0.6 is 0 Å². The van der Waals surface area contributed by atoms with Gasteiger partial charge in [0.05, 0.1) is 6.20 Å². The largest absolute Gasteiger partial charge is 0.507 e. The number of nitrogens with zero attached hydrogens (tertiary/aromatic N) is 1. The first kappa shape index (κ1) is 8.81. The fraction of sp³-hybridized carbons (Fsp3) is 0.182. The number of aryl methyl sites for hydroxylation is 1. The predicted molar refractivity (Wildman–Crippen MR) is 55.1 cm³/mol. The standard InChI is InChI=1S/C11H12N2O/c1-2-10-9(7-12-13-10)8-5-3-4-6-11(8)14/h3-7,14H,2H2,1H3,(H,12,13). The monoisotopic (exact) mass is 188 g/mol. The molecule has 0 spiro atoms. The van der Waals surface area contributed by atoms with Gasteiger partial charge in [0.1, 0.15) is 5.75 Å². The molecule has 1 heterocycles. The fourth-order valence-electron chi connectivity index (χ4n) is 1.52. The lowest BCUT2D eigenvalue weighted by Crippen LogP contribution is -1.84. The Morgan fingerprint density at radius 2 is 2.07 bits per heavy atom. The number of rotatable bonds is 2. The number of benzene rings is 1. The molecule has 0 radical (unpaired) electrons. The van der Waals surface area contributed by atoms with Crippen molar-refractivity contribution >= 4 is 0 Å². The van der Waals surface area contributed by atoms with E-state index >= 15 is 0 Å². The van der Waals surface area contributed by atoms with Crippen LogP contribution in [0.2, 0.25) is 0 Å². The van der Waals surface area contributed by atoms with Gasteiger partial charge in [-0.25, -0.2) is 0 Å². The molecule has 3 heteroatoms. The molecule has 72 valence electrons. The molecule has 2 aromatic rings. The van der Waals surface area contributed by atoms with E-state index in [0.29, 0.717) is 5.75 Å². The highest BCUT2D eigenvalue weighted by atomic mass is 16.3. The molecule has 1 aromatic heterocycles. The van der Waals surface area contributed by atoms with Crippen LogP contribution < -0.4 is 0 Å². The number of nitrogens with one attached hydrogen (secondary N) is 1. The second-order valence-electron chi connectivity index (χ2n) is 3.13. The predicted octanol–water partition coefficient (Wildman–Crippen LogP) is 2.34. The first-order chi connectivity index (χ1) is 6.83. The number of hydrogen-bond acceptors (Lipinski definition) is 2. The first-order valence-electron chi connectivity index (χ1n) is 4.63. The molecular formula is C11H12N2O. The minimum Gasteiger partial charge on any atom is -0.507 e. The van der Waals surface area contributed by atoms with Crippen LogP contribution in [0, 0.1) is 0 Å². The summed E-state index contributed by atoms with van der Waals surface area (Å²) in [4.78, 5) is 0. The summed E-state index contributed by atoms with van der Waals surface area (Å²) in [7, 11) is 0. The number of hydrogen-bond donors (Lipinski definition) is 2. The van der Waals surface area contributed by atoms with Crippen LogP contribution in [0.5, 0.6) is 5.75 Å². The number of phenolic OH excluding ortho intramolecular Hbond substituents is 1. The Bertz CT molecular complexity index is 434. The van der Waals surface area contributed by atoms with Crippen molar-refractivity contribution in [2.45, 2.75) is 13.3 Å². The fourth-order valence-corrected chi connectivity index (χ4v) is 1.52. The minimum atomic E-state index is 0.295. The van der Waals surface area contributed by atoms with Crippen molar-refractivity contribution in [2.24, 2.45) is 0 Å². The molecule has 0 aliphatic carbocycles. The smallest absolute Gasteiger partial charge is 0.123 e. The SMILES string of the molecule is CCc1[nH]ncc1-c1ccccc1O. The molecular weight excluding hydrogens is 176 g/mol. The van der Waals surface area contributed by atoms with E-state index in [1.807, 2.05) is 18.2 Å². The van der Waals surface area contributed by atoms with E-state index < -0.39 is 0 Å². The summed E-state index contributed by atoms with van der Waals surface area (Å²) in [6.07, 6.45) is 2.62. The average molecular weight is 188 g/mol. The van der Waals surface area contributed by atoms with Crippen LogP contribution in [0.15, 0.2) is 30.5 Å². The molecule has 14 heavy (non-hydrogen) atoms. The zero-order valence-electron chi connectivity index (χ0n) is 7.99. The number of para-hydroxylation sites is 1. The maximum atomic E-state index is 9.66. The van der Waals surface area contributed by atoms with Crippen molar-refractivity contribution < 1.29 is 5.11 Å². The molecule has 0 atom stereocenters. The van der Waals surface area contributed by atoms with Crippen molar-refractivity contribution in [1.29, 1.82) is 0 Å². The zero-order valence-corrected chi connectivity index (χ0v) is 7.99. The summed E-state index contributed by atoms with van der Waals surface area (Å²) in [5.41, 5.74) is 2.86. The lowest BCUT2D eigenvalue weighted by molar-refractivity contribution is 0.477. The highest BCUT2D eigenvalue weighted by molar-refractivity contribution is 5.71. The summed E-state index contributed by atoms with van der Waals surface area (Å²) < 4.78 is 0. The minimum absolute atomic E-state index is 0.295. The van der Waals surface area contributed by atoms with E-state index in [4.69, 9.17) is 0 Å². The van der Waals surface area contributed by atoms with Gasteiger partial charge in [0.25, 0.3) is 0 Å². The quantitative estimate of drug-likeness (QED) is 0.760. The second kappa shape index (κ2) is 3.54. The number of H-pyrrole nitrogens is 1. The van der Waals surface area contributed by atoms with Gasteiger partial charge in [-0.3, -0.25) is 5.10 Å². The lowest BCUT2D eigenvalue weighted by atomic mass is 10.0. The van der Waals surface area contributed by atoms with Crippen LogP contribution in [0.25, 0.3) is 11.1 Å².